The number of rotatable bonds is 6. The lowest BCUT2D eigenvalue weighted by Gasteiger charge is -2.39. The second-order valence-electron chi connectivity index (χ2n) is 16.0. The molecule has 1 atom stereocenters. The molecule has 1 aliphatic heterocycles. The van der Waals surface area contributed by atoms with Crippen LogP contribution in [0.1, 0.15) is 22.3 Å². The van der Waals surface area contributed by atoms with Gasteiger partial charge in [0.2, 0.25) is 0 Å². The van der Waals surface area contributed by atoms with E-state index in [1.54, 1.807) is 0 Å². The Morgan fingerprint density at radius 3 is 1.46 bits per heavy atom. The van der Waals surface area contributed by atoms with Gasteiger partial charge < -0.3 is 9.64 Å². The Hall–Kier alpha value is -7.94. The molecule has 0 amide bonds. The number of nitrogens with zero attached hydrogens (tertiary/aromatic N) is 1. The van der Waals surface area contributed by atoms with Crippen LogP contribution in [-0.4, -0.2) is 0 Å². The van der Waals surface area contributed by atoms with Crippen LogP contribution in [0.4, 0.5) is 17.1 Å². The second-order valence-corrected chi connectivity index (χ2v) is 16.0. The molecule has 0 radical (unpaired) electrons. The summed E-state index contributed by atoms with van der Waals surface area (Å²) in [6.07, 6.45) is 0. The monoisotopic (exact) mass is 777 g/mol. The topological polar surface area (TPSA) is 12.5 Å². The minimum atomic E-state index is -0.551. The van der Waals surface area contributed by atoms with E-state index in [9.17, 15) is 0 Å². The van der Waals surface area contributed by atoms with Crippen molar-refractivity contribution in [1.29, 1.82) is 0 Å². The van der Waals surface area contributed by atoms with E-state index in [0.29, 0.717) is 0 Å². The number of para-hydroxylation sites is 1. The van der Waals surface area contributed by atoms with Crippen LogP contribution in [0.5, 0.6) is 11.5 Å². The zero-order chi connectivity index (χ0) is 40.3. The van der Waals surface area contributed by atoms with Crippen molar-refractivity contribution in [2.75, 3.05) is 4.90 Å². The molecule has 0 fully saturated rings. The van der Waals surface area contributed by atoms with Gasteiger partial charge in [-0.15, -0.1) is 0 Å². The smallest absolute Gasteiger partial charge is 0.140 e. The number of hydrogen-bond donors (Lipinski definition) is 0. The largest absolute Gasteiger partial charge is 0.456 e. The molecule has 61 heavy (non-hydrogen) atoms. The lowest BCUT2D eigenvalue weighted by Crippen LogP contribution is -2.32. The molecule has 0 saturated heterocycles. The summed E-state index contributed by atoms with van der Waals surface area (Å²) in [6, 6.07) is 85.7. The van der Waals surface area contributed by atoms with Gasteiger partial charge in [0.1, 0.15) is 11.5 Å². The van der Waals surface area contributed by atoms with Crippen molar-refractivity contribution in [1.82, 2.24) is 0 Å². The zero-order valence-electron chi connectivity index (χ0n) is 33.4. The molecule has 1 heterocycles. The first-order valence-corrected chi connectivity index (χ1v) is 21.0. The van der Waals surface area contributed by atoms with Gasteiger partial charge in [0.25, 0.3) is 0 Å². The van der Waals surface area contributed by atoms with Gasteiger partial charge in [-0.25, -0.2) is 0 Å². The summed E-state index contributed by atoms with van der Waals surface area (Å²) in [7, 11) is 0. The molecular formula is C59H39NO. The van der Waals surface area contributed by atoms with Gasteiger partial charge in [-0.3, -0.25) is 0 Å². The Kier molecular flexibility index (Phi) is 8.11. The first kappa shape index (κ1) is 35.0. The maximum atomic E-state index is 6.88. The van der Waals surface area contributed by atoms with E-state index >= 15 is 0 Å². The normalized spacial score (nSPS) is 14.4. The van der Waals surface area contributed by atoms with Crippen molar-refractivity contribution in [3.63, 3.8) is 0 Å². The first-order valence-electron chi connectivity index (χ1n) is 21.0. The van der Waals surface area contributed by atoms with Crippen molar-refractivity contribution in [2.24, 2.45) is 0 Å². The highest BCUT2D eigenvalue weighted by Gasteiger charge is 2.51. The number of benzene rings is 10. The molecule has 0 saturated carbocycles. The van der Waals surface area contributed by atoms with E-state index in [1.165, 1.54) is 72.1 Å². The summed E-state index contributed by atoms with van der Waals surface area (Å²) in [5.74, 6) is 1.83. The Balaban J connectivity index is 1.00. The average Bonchev–Trinajstić information content (AvgIpc) is 3.63. The van der Waals surface area contributed by atoms with Crippen LogP contribution in [-0.2, 0) is 5.41 Å². The Morgan fingerprint density at radius 1 is 0.311 bits per heavy atom. The van der Waals surface area contributed by atoms with Gasteiger partial charge in [-0.05, 0) is 103 Å². The predicted octanol–water partition coefficient (Wildman–Crippen LogP) is 15.8. The van der Waals surface area contributed by atoms with Crippen LogP contribution >= 0.6 is 0 Å². The molecule has 2 aliphatic rings. The highest BCUT2D eigenvalue weighted by molar-refractivity contribution is 5.99. The quantitative estimate of drug-likeness (QED) is 0.167. The standard InChI is InChI=1S/C59H39NO/c1-3-14-40(15-4-1)42-26-33-46(34-27-42)60(47-35-28-43(29-36-47)41-16-5-2-6-17-41)48-37-30-45(31-38-48)49-21-13-24-54-57(49)51-20-9-10-22-52(51)59(54)53-23-11-12-25-56(53)61-58-50-19-8-7-18-44(50)32-39-55(58)59/h1-39H. The summed E-state index contributed by atoms with van der Waals surface area (Å²) in [5, 5.41) is 2.30. The number of anilines is 3. The highest BCUT2D eigenvalue weighted by atomic mass is 16.5. The lowest BCUT2D eigenvalue weighted by molar-refractivity contribution is 0.441. The van der Waals surface area contributed by atoms with E-state index in [4.69, 9.17) is 4.74 Å². The summed E-state index contributed by atoms with van der Waals surface area (Å²) < 4.78 is 6.88. The third-order valence-electron chi connectivity index (χ3n) is 12.8. The predicted molar refractivity (Wildman–Crippen MR) is 252 cm³/mol. The fourth-order valence-corrected chi connectivity index (χ4v) is 10.0. The van der Waals surface area contributed by atoms with E-state index in [2.05, 4.69) is 241 Å². The summed E-state index contributed by atoms with van der Waals surface area (Å²) >= 11 is 0. The maximum Gasteiger partial charge on any atom is 0.140 e. The van der Waals surface area contributed by atoms with Gasteiger partial charge in [-0.2, -0.15) is 0 Å². The Labute approximate surface area is 356 Å². The van der Waals surface area contributed by atoms with Crippen molar-refractivity contribution in [2.45, 2.75) is 5.41 Å². The Bertz CT molecular complexity index is 3160. The fraction of sp³-hybridized carbons (Fsp3) is 0.0169. The van der Waals surface area contributed by atoms with Crippen molar-refractivity contribution in [3.05, 3.63) is 259 Å². The Morgan fingerprint density at radius 2 is 0.803 bits per heavy atom. The molecule has 10 aromatic carbocycles. The number of fused-ring (bicyclic) bond motifs is 11. The molecule has 2 heteroatoms. The molecule has 12 rings (SSSR count). The van der Waals surface area contributed by atoms with E-state index in [1.807, 2.05) is 0 Å². The van der Waals surface area contributed by atoms with E-state index < -0.39 is 5.41 Å². The third kappa shape index (κ3) is 5.50. The minimum Gasteiger partial charge on any atom is -0.456 e. The van der Waals surface area contributed by atoms with Crippen LogP contribution in [0.2, 0.25) is 0 Å². The van der Waals surface area contributed by atoms with Gasteiger partial charge in [0, 0.05) is 33.6 Å². The maximum absolute atomic E-state index is 6.88. The lowest BCUT2D eigenvalue weighted by atomic mass is 9.65. The minimum absolute atomic E-state index is 0.551. The molecule has 2 nitrogen and oxygen atoms in total. The molecule has 0 aromatic heterocycles. The summed E-state index contributed by atoms with van der Waals surface area (Å²) in [5.41, 5.74) is 17.4. The SMILES string of the molecule is c1ccc(-c2ccc(N(c3ccc(-c4ccccc4)cc3)c3ccc(-c4cccc5c4-c4ccccc4C54c5ccccc5Oc5c4ccc4ccccc54)cc3)cc2)cc1. The fourth-order valence-electron chi connectivity index (χ4n) is 10.0. The highest BCUT2D eigenvalue weighted by Crippen LogP contribution is 2.64. The van der Waals surface area contributed by atoms with Crippen LogP contribution in [0.15, 0.2) is 237 Å². The zero-order valence-corrected chi connectivity index (χ0v) is 33.4. The van der Waals surface area contributed by atoms with Crippen molar-refractivity contribution in [3.8, 4) is 56.0 Å². The van der Waals surface area contributed by atoms with Crippen molar-refractivity contribution < 1.29 is 4.74 Å². The molecule has 1 spiro atoms. The van der Waals surface area contributed by atoms with Gasteiger partial charge in [-0.1, -0.05) is 194 Å². The molecule has 10 aromatic rings. The van der Waals surface area contributed by atoms with Gasteiger partial charge in [0.05, 0.1) is 5.41 Å². The van der Waals surface area contributed by atoms with E-state index in [0.717, 1.165) is 33.9 Å². The molecule has 1 aliphatic carbocycles. The van der Waals surface area contributed by atoms with Gasteiger partial charge in [0.15, 0.2) is 0 Å². The molecule has 1 unspecified atom stereocenters. The van der Waals surface area contributed by atoms with Crippen LogP contribution < -0.4 is 9.64 Å². The number of hydrogen-bond acceptors (Lipinski definition) is 2. The average molecular weight is 778 g/mol. The molecular weight excluding hydrogens is 739 g/mol. The van der Waals surface area contributed by atoms with Crippen LogP contribution in [0, 0.1) is 0 Å². The van der Waals surface area contributed by atoms with Crippen molar-refractivity contribution >= 4 is 27.8 Å². The number of ether oxygens (including phenoxy) is 1. The molecule has 0 N–H and O–H groups in total. The van der Waals surface area contributed by atoms with Gasteiger partial charge >= 0.3 is 0 Å². The summed E-state index contributed by atoms with van der Waals surface area (Å²) in [4.78, 5) is 2.35. The summed E-state index contributed by atoms with van der Waals surface area (Å²) in [6.45, 7) is 0. The molecule has 286 valence electrons. The third-order valence-corrected chi connectivity index (χ3v) is 12.8. The first-order chi connectivity index (χ1) is 30.3. The molecule has 0 bridgehead atoms. The van der Waals surface area contributed by atoms with Crippen LogP contribution in [0.25, 0.3) is 55.3 Å². The van der Waals surface area contributed by atoms with E-state index in [-0.39, 0.29) is 0 Å². The second kappa shape index (κ2) is 14.1. The van der Waals surface area contributed by atoms with Crippen LogP contribution in [0.3, 0.4) is 0 Å².